The van der Waals surface area contributed by atoms with Crippen LogP contribution in [0.3, 0.4) is 0 Å². The first-order chi connectivity index (χ1) is 60.3. The molecule has 36 heteroatoms. The number of benzene rings is 2. The van der Waals surface area contributed by atoms with Crippen LogP contribution in [0, 0.1) is 47.3 Å². The Morgan fingerprint density at radius 1 is 0.258 bits per heavy atom. The van der Waals surface area contributed by atoms with Gasteiger partial charge in [-0.15, -0.1) is 0 Å². The summed E-state index contributed by atoms with van der Waals surface area (Å²) in [7, 11) is 0. The van der Waals surface area contributed by atoms with Gasteiger partial charge in [0.15, 0.2) is 5.12 Å². The molecule has 0 aliphatic rings. The standard InChI is InChI=1S/C96H158N16O19S/c1-52(2)43-64(97-72(114)62-39-41-63(42-40-62)132-60(17)113)73(115)105-89(18,19)81(123)98-65(44-53(3)4)74(116)106-90(20,21)82(124)99-66(45-54(5)6)75(117)107-91(22,23)83(125)100-67(46-55(7)8)76(118)108-92(24,25)84(126)101-68(47-56(9)10)77(119)109-93(26,27)85(127)102-69(48-57(11)12)78(120)110-94(28,29)86(128)103-70(49-58(13)14)79(121)111-95(30,31)87(129)104-71(50-59(15)16)80(122)112-96(32,33)88(130)131-51-61-37-35-34-36-38-61/h34-42,52-59,64-71H,43-51H2,1-33H3,(H,97,114)(H,98,123)(H,99,124)(H,100,125)(H,101,126)(H,102,127)(H,103,128)(H,104,129)(H,105,115)(H,106,116)(H,107,117)(H,108,118)(H,109,119)(H,110,120)(H,111,121)(H,112,122)/t64-,65-,66-,67-,68-,69-,70-,71-/m0/s1. The molecule has 0 unspecified atom stereocenters. The zero-order valence-electron chi connectivity index (χ0n) is 84.5. The van der Waals surface area contributed by atoms with Gasteiger partial charge in [-0.25, -0.2) is 4.79 Å². The second-order valence-corrected chi connectivity index (χ2v) is 43.6. The highest BCUT2D eigenvalue weighted by Gasteiger charge is 2.46. The Balaban J connectivity index is 2.29. The van der Waals surface area contributed by atoms with Crippen molar-refractivity contribution in [2.45, 2.75) is 384 Å². The number of carbonyl (C=O) groups excluding carboxylic acids is 18. The highest BCUT2D eigenvalue weighted by molar-refractivity contribution is 8.13. The number of nitrogens with one attached hydrogen (secondary N) is 16. The van der Waals surface area contributed by atoms with Crippen molar-refractivity contribution in [2.75, 3.05) is 0 Å². The van der Waals surface area contributed by atoms with Crippen molar-refractivity contribution >= 4 is 117 Å². The van der Waals surface area contributed by atoms with E-state index < -0.39 is 193 Å². The van der Waals surface area contributed by atoms with Gasteiger partial charge in [0.1, 0.15) is 99.3 Å². The van der Waals surface area contributed by atoms with Crippen LogP contribution in [0.25, 0.3) is 0 Å². The molecule has 0 radical (unpaired) electrons. The van der Waals surface area contributed by atoms with E-state index in [1.165, 1.54) is 130 Å². The number of esters is 1. The summed E-state index contributed by atoms with van der Waals surface area (Å²) in [6.07, 6.45) is 0.653. The topological polar surface area (TPSA) is 509 Å². The predicted molar refractivity (Wildman–Crippen MR) is 507 cm³/mol. The van der Waals surface area contributed by atoms with Crippen molar-refractivity contribution in [3.05, 3.63) is 65.7 Å². The molecule has 0 aromatic heterocycles. The number of rotatable bonds is 52. The zero-order chi connectivity index (χ0) is 102. The molecule has 35 nitrogen and oxygen atoms in total. The highest BCUT2D eigenvalue weighted by atomic mass is 32.2. The summed E-state index contributed by atoms with van der Waals surface area (Å²) in [4.78, 5) is 254. The lowest BCUT2D eigenvalue weighted by atomic mass is 9.95. The highest BCUT2D eigenvalue weighted by Crippen LogP contribution is 2.24. The Kier molecular flexibility index (Phi) is 45.0. The van der Waals surface area contributed by atoms with E-state index in [-0.39, 0.29) is 116 Å². The molecule has 742 valence electrons. The van der Waals surface area contributed by atoms with E-state index in [9.17, 15) is 86.3 Å². The Morgan fingerprint density at radius 3 is 0.621 bits per heavy atom. The van der Waals surface area contributed by atoms with Crippen LogP contribution in [0.2, 0.25) is 0 Å². The molecule has 0 aliphatic carbocycles. The quantitative estimate of drug-likeness (QED) is 0.0232. The molecule has 0 aliphatic heterocycles. The summed E-state index contributed by atoms with van der Waals surface area (Å²) >= 11 is 1.00. The lowest BCUT2D eigenvalue weighted by Gasteiger charge is -2.35. The largest absolute Gasteiger partial charge is 0.459 e. The van der Waals surface area contributed by atoms with Crippen molar-refractivity contribution in [3.8, 4) is 0 Å². The Morgan fingerprint density at radius 2 is 0.439 bits per heavy atom. The van der Waals surface area contributed by atoms with Gasteiger partial charge >= 0.3 is 5.97 Å². The van der Waals surface area contributed by atoms with Crippen LogP contribution in [0.15, 0.2) is 59.5 Å². The molecule has 2 aromatic rings. The van der Waals surface area contributed by atoms with Crippen molar-refractivity contribution in [1.82, 2.24) is 85.1 Å². The predicted octanol–water partition coefficient (Wildman–Crippen LogP) is 7.09. The summed E-state index contributed by atoms with van der Waals surface area (Å²) in [5.74, 6) is -14.5. The van der Waals surface area contributed by atoms with Crippen LogP contribution in [0.1, 0.15) is 296 Å². The molecular formula is C96H158N16O19S. The molecule has 16 amide bonds. The molecule has 132 heavy (non-hydrogen) atoms. The fourth-order valence-electron chi connectivity index (χ4n) is 13.6. The maximum atomic E-state index is 14.5. The molecule has 16 N–H and O–H groups in total. The van der Waals surface area contributed by atoms with Gasteiger partial charge in [-0.1, -0.05) is 153 Å². The smallest absolute Gasteiger partial charge is 0.331 e. The Hall–Kier alpha value is -10.6. The van der Waals surface area contributed by atoms with Crippen molar-refractivity contribution in [3.63, 3.8) is 0 Å². The van der Waals surface area contributed by atoms with E-state index in [0.717, 1.165) is 17.3 Å². The van der Waals surface area contributed by atoms with Gasteiger partial charge < -0.3 is 89.8 Å². The van der Waals surface area contributed by atoms with Crippen molar-refractivity contribution in [1.29, 1.82) is 0 Å². The van der Waals surface area contributed by atoms with E-state index in [1.807, 2.05) is 61.5 Å². The van der Waals surface area contributed by atoms with Gasteiger partial charge in [0, 0.05) is 17.4 Å². The molecule has 0 saturated carbocycles. The van der Waals surface area contributed by atoms with Gasteiger partial charge in [0.2, 0.25) is 88.6 Å². The normalized spacial score (nSPS) is 14.2. The van der Waals surface area contributed by atoms with Gasteiger partial charge in [-0.05, 0) is 239 Å². The van der Waals surface area contributed by atoms with Gasteiger partial charge in [0.05, 0.1) is 0 Å². The van der Waals surface area contributed by atoms with Crippen molar-refractivity contribution < 1.29 is 91.0 Å². The van der Waals surface area contributed by atoms with Gasteiger partial charge in [-0.3, -0.25) is 81.5 Å². The third-order valence-electron chi connectivity index (χ3n) is 21.2. The van der Waals surface area contributed by atoms with E-state index in [1.54, 1.807) is 91.8 Å². The van der Waals surface area contributed by atoms with E-state index >= 15 is 0 Å². The number of thioether (sulfide) groups is 1. The molecule has 2 aromatic carbocycles. The lowest BCUT2D eigenvalue weighted by molar-refractivity contribution is -0.154. The fourth-order valence-corrected chi connectivity index (χ4v) is 14.2. The summed E-state index contributed by atoms with van der Waals surface area (Å²) < 4.78 is 5.50. The van der Waals surface area contributed by atoms with Crippen LogP contribution in [0.5, 0.6) is 0 Å². The van der Waals surface area contributed by atoms with E-state index in [2.05, 4.69) is 85.1 Å². The molecule has 8 atom stereocenters. The minimum absolute atomic E-state index is 0.0277. The van der Waals surface area contributed by atoms with Gasteiger partial charge in [0.25, 0.3) is 5.91 Å². The Labute approximate surface area is 786 Å². The van der Waals surface area contributed by atoms with Crippen LogP contribution in [-0.4, -0.2) is 198 Å². The summed E-state index contributed by atoms with van der Waals surface area (Å²) in [5, 5.41) is 43.4. The average molecular weight is 1870 g/mol. The second-order valence-electron chi connectivity index (χ2n) is 42.3. The fraction of sp³-hybridized carbons (Fsp3) is 0.688. The van der Waals surface area contributed by atoms with Crippen LogP contribution in [-0.2, 0) is 92.9 Å². The second kappa shape index (κ2) is 50.5. The van der Waals surface area contributed by atoms with Gasteiger partial charge in [-0.2, -0.15) is 0 Å². The third kappa shape index (κ3) is 40.1. The third-order valence-corrected chi connectivity index (χ3v) is 22.0. The molecule has 0 bridgehead atoms. The van der Waals surface area contributed by atoms with E-state index in [4.69, 9.17) is 4.74 Å². The molecular weight excluding hydrogens is 1710 g/mol. The summed E-state index contributed by atoms with van der Waals surface area (Å²) in [6, 6.07) is 5.26. The number of ether oxygens (including phenoxy) is 1. The summed E-state index contributed by atoms with van der Waals surface area (Å²) in [5.41, 5.74) is -12.8. The first kappa shape index (κ1) is 118. The molecule has 0 spiro atoms. The van der Waals surface area contributed by atoms with Crippen LogP contribution < -0.4 is 85.1 Å². The zero-order valence-corrected chi connectivity index (χ0v) is 85.3. The molecule has 0 saturated heterocycles. The molecule has 0 heterocycles. The van der Waals surface area contributed by atoms with E-state index in [0.29, 0.717) is 4.90 Å². The number of hydrogen-bond donors (Lipinski definition) is 16. The van der Waals surface area contributed by atoms with Crippen LogP contribution in [0.4, 0.5) is 0 Å². The maximum Gasteiger partial charge on any atom is 0.331 e. The SMILES string of the molecule is CC(=O)Sc1ccc(C(=O)N[C@@H](CC(C)C)C(=O)NC(C)(C)C(=O)N[C@@H](CC(C)C)C(=O)NC(C)(C)C(=O)N[C@@H](CC(C)C)C(=O)NC(C)(C)C(=O)N[C@@H](CC(C)C)C(=O)NC(C)(C)C(=O)N[C@@H](CC(C)C)C(=O)NC(C)(C)C(=O)N[C@@H](CC(C)C)C(=O)NC(C)(C)C(=O)N[C@@H](CC(C)C)C(=O)NC(C)(C)C(=O)N[C@@H](CC(C)C)C(=O)NC(C)(C)C(=O)OCc2ccccc2)cc1. The van der Waals surface area contributed by atoms with Crippen LogP contribution >= 0.6 is 11.8 Å². The summed E-state index contributed by atoms with van der Waals surface area (Å²) in [6.45, 7) is 53.0. The lowest BCUT2D eigenvalue weighted by Crippen LogP contribution is -2.66. The van der Waals surface area contributed by atoms with Crippen molar-refractivity contribution in [2.24, 2.45) is 47.3 Å². The Bertz CT molecular complexity index is 4360. The monoisotopic (exact) mass is 1870 g/mol. The number of hydrogen-bond acceptors (Lipinski definition) is 20. The first-order valence-electron chi connectivity index (χ1n) is 45.8. The average Bonchev–Trinajstić information content (AvgIpc) is 0.827. The first-order valence-corrected chi connectivity index (χ1v) is 46.6. The maximum absolute atomic E-state index is 14.5. The molecule has 0 fully saturated rings. The number of carbonyl (C=O) groups is 18. The molecule has 2 rings (SSSR count). The minimum atomic E-state index is -1.80. The minimum Gasteiger partial charge on any atom is -0.459 e. The number of amides is 16.